The molecule has 2 heterocycles. The monoisotopic (exact) mass is 509 g/mol. The lowest BCUT2D eigenvalue weighted by atomic mass is 9.99. The lowest BCUT2D eigenvalue weighted by molar-refractivity contribution is -0.237. The first kappa shape index (κ1) is 26.2. The van der Waals surface area contributed by atoms with Crippen LogP contribution in [-0.2, 0) is 42.9 Å². The Balaban J connectivity index is 1.98. The summed E-state index contributed by atoms with van der Waals surface area (Å²) in [7, 11) is 0. The molecule has 13 heteroatoms. The van der Waals surface area contributed by atoms with Crippen LogP contribution in [0.5, 0.6) is 0 Å². The number of esters is 4. The standard InChI is InChI=1S/C22H23NO11S/c1-10(24)30-9-16-17(31-11(2)25)18(32-12(3)26)19(33-13(4)27)22(34-16)35-23-20(28)14-7-5-6-8-15(14)21(23)29/h5-8,16-19,22H,9H2,1-4H3/t16-,17+,18+,19-,22+/m1/s1. The molecule has 2 aliphatic rings. The maximum absolute atomic E-state index is 12.9. The minimum Gasteiger partial charge on any atom is -0.463 e. The molecule has 1 aromatic rings. The molecule has 0 radical (unpaired) electrons. The molecule has 5 atom stereocenters. The van der Waals surface area contributed by atoms with Crippen LogP contribution >= 0.6 is 11.9 Å². The van der Waals surface area contributed by atoms with Crippen molar-refractivity contribution >= 4 is 47.6 Å². The number of hydrogen-bond acceptors (Lipinski definition) is 12. The van der Waals surface area contributed by atoms with E-state index in [1.165, 1.54) is 12.1 Å². The van der Waals surface area contributed by atoms with Crippen LogP contribution in [0.15, 0.2) is 24.3 Å². The number of benzene rings is 1. The van der Waals surface area contributed by atoms with Crippen molar-refractivity contribution in [3.05, 3.63) is 35.4 Å². The summed E-state index contributed by atoms with van der Waals surface area (Å²) in [6.07, 6.45) is -5.32. The van der Waals surface area contributed by atoms with Gasteiger partial charge in [0.2, 0.25) is 0 Å². The molecule has 0 aliphatic carbocycles. The number of ether oxygens (including phenoxy) is 5. The summed E-state index contributed by atoms with van der Waals surface area (Å²) in [4.78, 5) is 72.8. The minimum atomic E-state index is -1.40. The fraction of sp³-hybridized carbons (Fsp3) is 0.455. The van der Waals surface area contributed by atoms with E-state index < -0.39 is 72.2 Å². The number of carbonyl (C=O) groups is 6. The minimum absolute atomic E-state index is 0.177. The lowest BCUT2D eigenvalue weighted by Gasteiger charge is -2.44. The van der Waals surface area contributed by atoms with E-state index >= 15 is 0 Å². The fourth-order valence-electron chi connectivity index (χ4n) is 3.64. The smallest absolute Gasteiger partial charge is 0.303 e. The number of fused-ring (bicyclic) bond motifs is 1. The molecule has 0 bridgehead atoms. The van der Waals surface area contributed by atoms with Gasteiger partial charge in [-0.2, -0.15) is 0 Å². The third-order valence-corrected chi connectivity index (χ3v) is 6.04. The summed E-state index contributed by atoms with van der Waals surface area (Å²) in [6, 6.07) is 6.19. The summed E-state index contributed by atoms with van der Waals surface area (Å²) < 4.78 is 27.8. The molecular formula is C22H23NO11S. The van der Waals surface area contributed by atoms with Gasteiger partial charge in [0, 0.05) is 27.7 Å². The Morgan fingerprint density at radius 3 is 1.77 bits per heavy atom. The van der Waals surface area contributed by atoms with Crippen LogP contribution in [0.1, 0.15) is 48.4 Å². The Morgan fingerprint density at radius 1 is 0.800 bits per heavy atom. The quantitative estimate of drug-likeness (QED) is 0.223. The number of rotatable bonds is 7. The van der Waals surface area contributed by atoms with E-state index in [-0.39, 0.29) is 11.1 Å². The molecule has 2 amide bonds. The Labute approximate surface area is 204 Å². The lowest BCUT2D eigenvalue weighted by Crippen LogP contribution is -2.62. The summed E-state index contributed by atoms with van der Waals surface area (Å²) in [6.45, 7) is 4.03. The van der Waals surface area contributed by atoms with Crippen molar-refractivity contribution in [2.24, 2.45) is 0 Å². The fourth-order valence-corrected chi connectivity index (χ4v) is 4.76. The maximum atomic E-state index is 12.9. The van der Waals surface area contributed by atoms with E-state index in [0.717, 1.165) is 32.0 Å². The average molecular weight is 509 g/mol. The second kappa shape index (κ2) is 10.9. The van der Waals surface area contributed by atoms with Crippen molar-refractivity contribution in [3.63, 3.8) is 0 Å². The first-order chi connectivity index (χ1) is 16.5. The molecule has 3 rings (SSSR count). The van der Waals surface area contributed by atoms with Gasteiger partial charge in [-0.05, 0) is 24.1 Å². The van der Waals surface area contributed by atoms with Crippen molar-refractivity contribution in [2.45, 2.75) is 57.5 Å². The van der Waals surface area contributed by atoms with Gasteiger partial charge in [-0.3, -0.25) is 28.8 Å². The highest BCUT2D eigenvalue weighted by Gasteiger charge is 2.54. The topological polar surface area (TPSA) is 152 Å². The summed E-state index contributed by atoms with van der Waals surface area (Å²) in [5.41, 5.74) is -0.941. The van der Waals surface area contributed by atoms with Crippen molar-refractivity contribution in [1.29, 1.82) is 0 Å². The summed E-state index contributed by atoms with van der Waals surface area (Å²) >= 11 is 0.603. The molecule has 0 aromatic heterocycles. The SMILES string of the molecule is CC(=O)OC[C@H]1O[C@@H](SN2C(=O)c3ccccc3C2=O)[C@H](OC(C)=O)[C@@H](OC(C)=O)[C@H]1OC(C)=O. The predicted molar refractivity (Wildman–Crippen MR) is 116 cm³/mol. The van der Waals surface area contributed by atoms with Gasteiger partial charge in [0.15, 0.2) is 23.7 Å². The average Bonchev–Trinajstić information content (AvgIpc) is 3.00. The van der Waals surface area contributed by atoms with Crippen LogP contribution in [0.4, 0.5) is 0 Å². The number of nitrogens with zero attached hydrogens (tertiary/aromatic N) is 1. The van der Waals surface area contributed by atoms with Gasteiger partial charge >= 0.3 is 23.9 Å². The van der Waals surface area contributed by atoms with Crippen molar-refractivity contribution < 1.29 is 52.5 Å². The highest BCUT2D eigenvalue weighted by atomic mass is 32.2. The van der Waals surface area contributed by atoms with Gasteiger partial charge in [-0.1, -0.05) is 12.1 Å². The second-order valence-electron chi connectivity index (χ2n) is 7.62. The van der Waals surface area contributed by atoms with Gasteiger partial charge in [-0.15, -0.1) is 0 Å². The van der Waals surface area contributed by atoms with Crippen molar-refractivity contribution in [3.8, 4) is 0 Å². The number of amides is 2. The highest BCUT2D eigenvalue weighted by molar-refractivity contribution is 7.98. The first-order valence-corrected chi connectivity index (χ1v) is 11.3. The van der Waals surface area contributed by atoms with E-state index in [2.05, 4.69) is 0 Å². The van der Waals surface area contributed by atoms with E-state index in [0.29, 0.717) is 11.9 Å². The molecular weight excluding hydrogens is 486 g/mol. The van der Waals surface area contributed by atoms with Crippen molar-refractivity contribution in [2.75, 3.05) is 6.61 Å². The molecule has 2 aliphatic heterocycles. The van der Waals surface area contributed by atoms with E-state index in [9.17, 15) is 28.8 Å². The third-order valence-electron chi connectivity index (χ3n) is 4.91. The molecule has 12 nitrogen and oxygen atoms in total. The predicted octanol–water partition coefficient (Wildman–Crippen LogP) is 1.01. The Hall–Kier alpha value is -3.45. The largest absolute Gasteiger partial charge is 0.463 e. The molecule has 0 unspecified atom stereocenters. The summed E-state index contributed by atoms with van der Waals surface area (Å²) in [5, 5.41) is 0. The Bertz CT molecular complexity index is 1020. The molecule has 1 aromatic carbocycles. The highest BCUT2D eigenvalue weighted by Crippen LogP contribution is 2.38. The molecule has 0 N–H and O–H groups in total. The molecule has 0 spiro atoms. The van der Waals surface area contributed by atoms with Crippen molar-refractivity contribution in [1.82, 2.24) is 4.31 Å². The Morgan fingerprint density at radius 2 is 1.29 bits per heavy atom. The van der Waals surface area contributed by atoms with Crippen LogP contribution in [-0.4, -0.2) is 76.5 Å². The van der Waals surface area contributed by atoms with Crippen LogP contribution in [0.25, 0.3) is 0 Å². The molecule has 0 saturated carbocycles. The second-order valence-corrected chi connectivity index (χ2v) is 8.66. The zero-order valence-electron chi connectivity index (χ0n) is 19.2. The zero-order chi connectivity index (χ0) is 25.9. The van der Waals surface area contributed by atoms with Crippen LogP contribution in [0.3, 0.4) is 0 Å². The third kappa shape index (κ3) is 5.98. The van der Waals surface area contributed by atoms with Crippen LogP contribution < -0.4 is 0 Å². The first-order valence-electron chi connectivity index (χ1n) is 10.4. The molecule has 1 saturated heterocycles. The molecule has 188 valence electrons. The van der Waals surface area contributed by atoms with E-state index in [4.69, 9.17) is 23.7 Å². The summed E-state index contributed by atoms with van der Waals surface area (Å²) in [5.74, 6) is -4.25. The van der Waals surface area contributed by atoms with Crippen LogP contribution in [0.2, 0.25) is 0 Å². The van der Waals surface area contributed by atoms with Gasteiger partial charge in [0.1, 0.15) is 12.7 Å². The van der Waals surface area contributed by atoms with Gasteiger partial charge in [0.05, 0.1) is 11.1 Å². The van der Waals surface area contributed by atoms with Crippen LogP contribution in [0, 0.1) is 0 Å². The normalized spacial score (nSPS) is 25.5. The van der Waals surface area contributed by atoms with E-state index in [1.54, 1.807) is 12.1 Å². The van der Waals surface area contributed by atoms with E-state index in [1.807, 2.05) is 0 Å². The Kier molecular flexibility index (Phi) is 8.12. The zero-order valence-corrected chi connectivity index (χ0v) is 20.1. The van der Waals surface area contributed by atoms with Gasteiger partial charge in [-0.25, -0.2) is 4.31 Å². The maximum Gasteiger partial charge on any atom is 0.303 e. The van der Waals surface area contributed by atoms with Gasteiger partial charge < -0.3 is 23.7 Å². The molecule has 35 heavy (non-hydrogen) atoms. The number of hydrogen-bond donors (Lipinski definition) is 0. The number of imide groups is 1. The molecule has 1 fully saturated rings. The number of carbonyl (C=O) groups excluding carboxylic acids is 6. The van der Waals surface area contributed by atoms with Gasteiger partial charge in [0.25, 0.3) is 11.8 Å².